The largest absolute Gasteiger partial charge is 0.611 e. The molecule has 0 bridgehead atoms. The topological polar surface area (TPSA) is 73.9 Å². The van der Waals surface area contributed by atoms with Gasteiger partial charge in [-0.05, 0) is 35.5 Å². The maximum atomic E-state index is 12.1. The molecule has 1 N–H and O–H groups in total. The number of hydrogen-bond acceptors (Lipinski definition) is 4. The molecule has 22 heavy (non-hydrogen) atoms. The van der Waals surface area contributed by atoms with Crippen LogP contribution in [-0.4, -0.2) is 32.4 Å². The predicted molar refractivity (Wildman–Crippen MR) is 87.3 cm³/mol. The van der Waals surface area contributed by atoms with Gasteiger partial charge in [0.1, 0.15) is 22.8 Å². The van der Waals surface area contributed by atoms with Crippen LogP contribution in [0.3, 0.4) is 0 Å². The number of fused-ring (bicyclic) bond motifs is 1. The molecule has 0 aliphatic rings. The van der Waals surface area contributed by atoms with Crippen LogP contribution < -0.4 is 4.74 Å². The lowest BCUT2D eigenvalue weighted by Gasteiger charge is -2.11. The number of benzene rings is 1. The normalized spacial score (nSPS) is 12.3. The van der Waals surface area contributed by atoms with Crippen LogP contribution in [0.1, 0.15) is 0 Å². The third-order valence-electron chi connectivity index (χ3n) is 3.25. The molecular formula is C16H15N3O2S. The summed E-state index contributed by atoms with van der Waals surface area (Å²) >= 11 is -1.11. The van der Waals surface area contributed by atoms with E-state index >= 15 is 0 Å². The van der Waals surface area contributed by atoms with Gasteiger partial charge >= 0.3 is 0 Å². The molecular weight excluding hydrogens is 298 g/mol. The second kappa shape index (κ2) is 6.21. The highest BCUT2D eigenvalue weighted by atomic mass is 32.2. The first-order valence-electron chi connectivity index (χ1n) is 6.70. The lowest BCUT2D eigenvalue weighted by Crippen LogP contribution is -2.05. The van der Waals surface area contributed by atoms with E-state index in [1.165, 1.54) is 0 Å². The number of methoxy groups -OCH3 is 1. The Kier molecular flexibility index (Phi) is 4.13. The van der Waals surface area contributed by atoms with Gasteiger partial charge in [-0.3, -0.25) is 4.98 Å². The Balaban J connectivity index is 2.04. The van der Waals surface area contributed by atoms with Crippen molar-refractivity contribution in [2.75, 3.05) is 12.9 Å². The molecule has 0 radical (unpaired) electrons. The standard InChI is InChI=1S/C16H15N3O2S/c1-3-8-22(20)11-4-5-12(15(9-11)21-2)16-18-13-6-7-17-10-14(13)19-16/h3-7,9-10H,1,8H2,2H3,(H,18,19). The molecule has 2 heterocycles. The molecule has 0 fully saturated rings. The van der Waals surface area contributed by atoms with Crippen molar-refractivity contribution >= 4 is 22.2 Å². The molecule has 2 aromatic heterocycles. The summed E-state index contributed by atoms with van der Waals surface area (Å²) in [6.07, 6.45) is 5.06. The maximum absolute atomic E-state index is 12.1. The number of aromatic amines is 1. The summed E-state index contributed by atoms with van der Waals surface area (Å²) in [6.45, 7) is 3.61. The van der Waals surface area contributed by atoms with E-state index in [2.05, 4.69) is 21.5 Å². The van der Waals surface area contributed by atoms with E-state index in [0.717, 1.165) is 16.6 Å². The molecule has 1 atom stereocenters. The molecule has 5 nitrogen and oxygen atoms in total. The van der Waals surface area contributed by atoms with E-state index in [1.54, 1.807) is 31.6 Å². The Labute approximate surface area is 131 Å². The fraction of sp³-hybridized carbons (Fsp3) is 0.125. The summed E-state index contributed by atoms with van der Waals surface area (Å²) in [4.78, 5) is 12.5. The van der Waals surface area contributed by atoms with E-state index < -0.39 is 11.2 Å². The molecule has 0 saturated heterocycles. The molecule has 6 heteroatoms. The summed E-state index contributed by atoms with van der Waals surface area (Å²) in [7, 11) is 1.59. The fourth-order valence-corrected chi connectivity index (χ4v) is 3.06. The van der Waals surface area contributed by atoms with Crippen molar-refractivity contribution in [2.45, 2.75) is 4.90 Å². The number of aromatic nitrogens is 3. The van der Waals surface area contributed by atoms with E-state index in [0.29, 0.717) is 22.2 Å². The van der Waals surface area contributed by atoms with Gasteiger partial charge < -0.3 is 14.3 Å². The SMILES string of the molecule is C=CC[S+]([O-])c1ccc(-c2nc3cnccc3[nH]2)c(OC)c1. The van der Waals surface area contributed by atoms with Gasteiger partial charge in [-0.2, -0.15) is 0 Å². The molecule has 0 aliphatic carbocycles. The minimum absolute atomic E-state index is 0.415. The number of rotatable bonds is 5. The monoisotopic (exact) mass is 313 g/mol. The second-order valence-electron chi connectivity index (χ2n) is 4.64. The van der Waals surface area contributed by atoms with Gasteiger partial charge in [-0.15, -0.1) is 0 Å². The maximum Gasteiger partial charge on any atom is 0.156 e. The van der Waals surface area contributed by atoms with Gasteiger partial charge in [0.25, 0.3) is 0 Å². The average Bonchev–Trinajstić information content (AvgIpc) is 2.98. The zero-order valence-electron chi connectivity index (χ0n) is 12.1. The molecule has 3 aromatic rings. The fourth-order valence-electron chi connectivity index (χ4n) is 2.20. The Morgan fingerprint density at radius 3 is 3.00 bits per heavy atom. The van der Waals surface area contributed by atoms with Crippen LogP contribution >= 0.6 is 0 Å². The number of nitrogens with one attached hydrogen (secondary N) is 1. The number of ether oxygens (including phenoxy) is 1. The first-order valence-corrected chi connectivity index (χ1v) is 8.02. The van der Waals surface area contributed by atoms with Crippen molar-refractivity contribution in [2.24, 2.45) is 0 Å². The molecule has 112 valence electrons. The first-order chi connectivity index (χ1) is 10.7. The minimum Gasteiger partial charge on any atom is -0.611 e. The molecule has 0 aliphatic heterocycles. The van der Waals surface area contributed by atoms with Crippen LogP contribution in [-0.2, 0) is 11.2 Å². The smallest absolute Gasteiger partial charge is 0.156 e. The number of H-pyrrole nitrogens is 1. The number of imidazole rings is 1. The van der Waals surface area contributed by atoms with Gasteiger partial charge in [0.05, 0.1) is 24.4 Å². The Morgan fingerprint density at radius 1 is 1.41 bits per heavy atom. The van der Waals surface area contributed by atoms with E-state index in [1.807, 2.05) is 18.2 Å². The van der Waals surface area contributed by atoms with Crippen molar-refractivity contribution in [3.05, 3.63) is 49.3 Å². The summed E-state index contributed by atoms with van der Waals surface area (Å²) in [5.41, 5.74) is 2.52. The van der Waals surface area contributed by atoms with Gasteiger partial charge in [-0.1, -0.05) is 6.58 Å². The van der Waals surface area contributed by atoms with Crippen molar-refractivity contribution < 1.29 is 9.29 Å². The van der Waals surface area contributed by atoms with Crippen molar-refractivity contribution in [3.8, 4) is 17.1 Å². The molecule has 1 aromatic carbocycles. The van der Waals surface area contributed by atoms with Gasteiger partial charge in [-0.25, -0.2) is 4.98 Å². The van der Waals surface area contributed by atoms with Crippen LogP contribution in [0.4, 0.5) is 0 Å². The summed E-state index contributed by atoms with van der Waals surface area (Å²) in [5.74, 6) is 1.74. The van der Waals surface area contributed by atoms with Gasteiger partial charge in [0, 0.05) is 12.3 Å². The Hall–Kier alpha value is -2.31. The zero-order valence-corrected chi connectivity index (χ0v) is 12.9. The zero-order chi connectivity index (χ0) is 15.5. The van der Waals surface area contributed by atoms with E-state index in [9.17, 15) is 4.55 Å². The number of pyridine rings is 1. The van der Waals surface area contributed by atoms with Crippen molar-refractivity contribution in [1.29, 1.82) is 0 Å². The first kappa shape index (κ1) is 14.6. The molecule has 0 amide bonds. The van der Waals surface area contributed by atoms with Crippen molar-refractivity contribution in [1.82, 2.24) is 15.0 Å². The Bertz CT molecular complexity index is 783. The van der Waals surface area contributed by atoms with Crippen molar-refractivity contribution in [3.63, 3.8) is 0 Å². The molecule has 1 unspecified atom stereocenters. The third-order valence-corrected chi connectivity index (χ3v) is 4.56. The van der Waals surface area contributed by atoms with Crippen LogP contribution in [0.25, 0.3) is 22.4 Å². The number of hydrogen-bond donors (Lipinski definition) is 1. The molecule has 3 rings (SSSR count). The average molecular weight is 313 g/mol. The lowest BCUT2D eigenvalue weighted by atomic mass is 10.2. The van der Waals surface area contributed by atoms with E-state index in [-0.39, 0.29) is 0 Å². The van der Waals surface area contributed by atoms with Crippen LogP contribution in [0, 0.1) is 0 Å². The van der Waals surface area contributed by atoms with Crippen LogP contribution in [0.2, 0.25) is 0 Å². The molecule has 0 spiro atoms. The van der Waals surface area contributed by atoms with Gasteiger partial charge in [0.2, 0.25) is 0 Å². The predicted octanol–water partition coefficient (Wildman–Crippen LogP) is 2.93. The minimum atomic E-state index is -1.11. The third kappa shape index (κ3) is 2.70. The van der Waals surface area contributed by atoms with E-state index in [4.69, 9.17) is 4.74 Å². The highest BCUT2D eigenvalue weighted by molar-refractivity contribution is 7.91. The van der Waals surface area contributed by atoms with Crippen LogP contribution in [0.15, 0.2) is 54.2 Å². The highest BCUT2D eigenvalue weighted by Crippen LogP contribution is 2.31. The lowest BCUT2D eigenvalue weighted by molar-refractivity contribution is 0.415. The van der Waals surface area contributed by atoms with Crippen LogP contribution in [0.5, 0.6) is 5.75 Å². The summed E-state index contributed by atoms with van der Waals surface area (Å²) in [5, 5.41) is 0. The quantitative estimate of drug-likeness (QED) is 0.580. The highest BCUT2D eigenvalue weighted by Gasteiger charge is 2.16. The van der Waals surface area contributed by atoms with Gasteiger partial charge in [0.15, 0.2) is 4.90 Å². The second-order valence-corrected chi connectivity index (χ2v) is 6.14. The molecule has 0 saturated carbocycles. The summed E-state index contributed by atoms with van der Waals surface area (Å²) < 4.78 is 17.5. The Morgan fingerprint density at radius 2 is 2.27 bits per heavy atom. The summed E-state index contributed by atoms with van der Waals surface area (Å²) in [6, 6.07) is 7.33. The number of nitrogens with zero attached hydrogens (tertiary/aromatic N) is 2.